The first-order chi connectivity index (χ1) is 11.0. The van der Waals surface area contributed by atoms with E-state index in [9.17, 15) is 12.8 Å². The van der Waals surface area contributed by atoms with Crippen LogP contribution >= 0.6 is 0 Å². The lowest BCUT2D eigenvalue weighted by atomic mass is 10.1. The Hall–Kier alpha value is -1.48. The Balaban J connectivity index is 1.91. The van der Waals surface area contributed by atoms with Crippen LogP contribution in [0.25, 0.3) is 10.9 Å². The van der Waals surface area contributed by atoms with E-state index in [1.54, 1.807) is 6.07 Å². The fourth-order valence-electron chi connectivity index (χ4n) is 2.93. The molecule has 0 aliphatic carbocycles. The van der Waals surface area contributed by atoms with Crippen molar-refractivity contribution in [1.29, 1.82) is 0 Å². The van der Waals surface area contributed by atoms with Gasteiger partial charge in [0.25, 0.3) is 0 Å². The van der Waals surface area contributed by atoms with Gasteiger partial charge >= 0.3 is 0 Å². The zero-order valence-corrected chi connectivity index (χ0v) is 13.4. The first-order valence-electron chi connectivity index (χ1n) is 7.52. The molecule has 1 aliphatic rings. The summed E-state index contributed by atoms with van der Waals surface area (Å²) >= 11 is 0. The second-order valence-electron chi connectivity index (χ2n) is 5.54. The second-order valence-corrected chi connectivity index (χ2v) is 7.44. The molecule has 0 spiro atoms. The van der Waals surface area contributed by atoms with Crippen LogP contribution in [0.2, 0.25) is 0 Å². The number of ether oxygens (including phenoxy) is 1. The van der Waals surface area contributed by atoms with Gasteiger partial charge in [-0.25, -0.2) is 12.8 Å². The Bertz CT molecular complexity index is 790. The highest BCUT2D eigenvalue weighted by atomic mass is 32.2. The van der Waals surface area contributed by atoms with E-state index >= 15 is 0 Å². The van der Waals surface area contributed by atoms with Crippen LogP contribution in [-0.2, 0) is 14.8 Å². The maximum absolute atomic E-state index is 14.1. The number of hydrogen-bond acceptors (Lipinski definition) is 4. The Morgan fingerprint density at radius 2 is 2.26 bits per heavy atom. The maximum atomic E-state index is 14.1. The number of H-pyrrole nitrogens is 1. The normalized spacial score (nSPS) is 20.2. The number of sulfonamides is 1. The van der Waals surface area contributed by atoms with Crippen molar-refractivity contribution in [2.24, 2.45) is 0 Å². The molecule has 23 heavy (non-hydrogen) atoms. The standard InChI is InChI=1S/C15H19FN2O4S/c16-12-4-1-5-13-15(12)14(9-17-13)23(20,21)18-6-2-3-11(10-18)22-8-7-19/h1,4-5,9,11,17,19H,2-3,6-8,10H2. The molecule has 0 radical (unpaired) electrons. The van der Waals surface area contributed by atoms with E-state index in [0.717, 1.165) is 6.42 Å². The minimum atomic E-state index is -3.81. The molecule has 0 bridgehead atoms. The quantitative estimate of drug-likeness (QED) is 0.862. The molecule has 1 saturated heterocycles. The predicted octanol–water partition coefficient (Wildman–Crippen LogP) is 1.47. The summed E-state index contributed by atoms with van der Waals surface area (Å²) in [4.78, 5) is 2.76. The van der Waals surface area contributed by atoms with Crippen molar-refractivity contribution in [3.63, 3.8) is 0 Å². The van der Waals surface area contributed by atoms with Gasteiger partial charge in [0.15, 0.2) is 0 Å². The molecular weight excluding hydrogens is 323 g/mol. The van der Waals surface area contributed by atoms with Crippen molar-refractivity contribution in [2.45, 2.75) is 23.8 Å². The van der Waals surface area contributed by atoms with Crippen molar-refractivity contribution >= 4 is 20.9 Å². The minimum absolute atomic E-state index is 0.0478. The Morgan fingerprint density at radius 3 is 3.04 bits per heavy atom. The number of benzene rings is 1. The third kappa shape index (κ3) is 3.12. The molecule has 0 saturated carbocycles. The number of nitrogens with one attached hydrogen (secondary N) is 1. The van der Waals surface area contributed by atoms with E-state index in [2.05, 4.69) is 4.98 Å². The fraction of sp³-hybridized carbons (Fsp3) is 0.467. The smallest absolute Gasteiger partial charge is 0.245 e. The van der Waals surface area contributed by atoms with E-state index in [1.165, 1.54) is 22.6 Å². The summed E-state index contributed by atoms with van der Waals surface area (Å²) < 4.78 is 46.6. The van der Waals surface area contributed by atoms with E-state index in [-0.39, 0.29) is 36.1 Å². The van der Waals surface area contributed by atoms with Gasteiger partial charge in [-0.3, -0.25) is 0 Å². The van der Waals surface area contributed by atoms with Gasteiger partial charge in [-0.2, -0.15) is 4.31 Å². The largest absolute Gasteiger partial charge is 0.394 e. The number of rotatable bonds is 5. The first-order valence-corrected chi connectivity index (χ1v) is 8.96. The van der Waals surface area contributed by atoms with Crippen LogP contribution in [-0.4, -0.2) is 55.2 Å². The number of aromatic amines is 1. The molecule has 6 nitrogen and oxygen atoms in total. The first kappa shape index (κ1) is 16.4. The number of fused-ring (bicyclic) bond motifs is 1. The minimum Gasteiger partial charge on any atom is -0.394 e. The molecule has 1 aliphatic heterocycles. The molecule has 1 aromatic heterocycles. The fourth-order valence-corrected chi connectivity index (χ4v) is 4.61. The summed E-state index contributed by atoms with van der Waals surface area (Å²) in [6.07, 6.45) is 2.50. The number of halogens is 1. The predicted molar refractivity (Wildman–Crippen MR) is 83.1 cm³/mol. The second kappa shape index (κ2) is 6.56. The van der Waals surface area contributed by atoms with Crippen molar-refractivity contribution in [1.82, 2.24) is 9.29 Å². The average molecular weight is 342 g/mol. The molecule has 2 N–H and O–H groups in total. The SMILES string of the molecule is O=S(=O)(c1c[nH]c2cccc(F)c12)N1CCCC(OCCO)C1. The lowest BCUT2D eigenvalue weighted by Gasteiger charge is -2.31. The Kier molecular flexibility index (Phi) is 4.67. The third-order valence-electron chi connectivity index (χ3n) is 4.02. The molecule has 1 atom stereocenters. The lowest BCUT2D eigenvalue weighted by Crippen LogP contribution is -2.43. The molecule has 2 heterocycles. The molecule has 1 unspecified atom stereocenters. The molecule has 0 amide bonds. The van der Waals surface area contributed by atoms with Crippen LogP contribution in [0.4, 0.5) is 4.39 Å². The Morgan fingerprint density at radius 1 is 1.43 bits per heavy atom. The summed E-state index contributed by atoms with van der Waals surface area (Å²) in [6.45, 7) is 0.670. The van der Waals surface area contributed by atoms with Gasteiger partial charge in [0.2, 0.25) is 10.0 Å². The average Bonchev–Trinajstić information content (AvgIpc) is 2.99. The number of aliphatic hydroxyl groups is 1. The van der Waals surface area contributed by atoms with Crippen molar-refractivity contribution in [3.8, 4) is 0 Å². The van der Waals surface area contributed by atoms with E-state index in [1.807, 2.05) is 0 Å². The van der Waals surface area contributed by atoms with Gasteiger partial charge in [0, 0.05) is 24.8 Å². The summed E-state index contributed by atoms with van der Waals surface area (Å²) in [5.41, 5.74) is 0.452. The Labute approximate surface area is 133 Å². The summed E-state index contributed by atoms with van der Waals surface area (Å²) in [5, 5.41) is 8.91. The van der Waals surface area contributed by atoms with Crippen LogP contribution in [0.15, 0.2) is 29.3 Å². The topological polar surface area (TPSA) is 82.6 Å². The number of aromatic nitrogens is 1. The summed E-state index contributed by atoms with van der Waals surface area (Å²) in [5.74, 6) is -0.563. The highest BCUT2D eigenvalue weighted by Gasteiger charge is 2.33. The molecule has 1 fully saturated rings. The number of hydrogen-bond donors (Lipinski definition) is 2. The molecule has 1 aromatic carbocycles. The zero-order chi connectivity index (χ0) is 16.4. The van der Waals surface area contributed by atoms with E-state index in [0.29, 0.717) is 18.5 Å². The van der Waals surface area contributed by atoms with Crippen molar-refractivity contribution in [3.05, 3.63) is 30.2 Å². The van der Waals surface area contributed by atoms with Gasteiger partial charge in [-0.05, 0) is 25.0 Å². The van der Waals surface area contributed by atoms with Crippen LogP contribution in [0.5, 0.6) is 0 Å². The molecule has 8 heteroatoms. The van der Waals surface area contributed by atoms with Crippen LogP contribution in [0, 0.1) is 5.82 Å². The maximum Gasteiger partial charge on any atom is 0.245 e. The zero-order valence-electron chi connectivity index (χ0n) is 12.5. The van der Waals surface area contributed by atoms with Gasteiger partial charge in [-0.15, -0.1) is 0 Å². The molecular formula is C15H19FN2O4S. The number of aliphatic hydroxyl groups excluding tert-OH is 1. The molecule has 3 rings (SSSR count). The summed E-state index contributed by atoms with van der Waals surface area (Å²) in [6, 6.07) is 4.42. The van der Waals surface area contributed by atoms with Crippen LogP contribution in [0.1, 0.15) is 12.8 Å². The van der Waals surface area contributed by atoms with Gasteiger partial charge < -0.3 is 14.8 Å². The van der Waals surface area contributed by atoms with E-state index in [4.69, 9.17) is 9.84 Å². The van der Waals surface area contributed by atoms with Gasteiger partial charge in [0.05, 0.1) is 24.7 Å². The van der Waals surface area contributed by atoms with Crippen molar-refractivity contribution < 1.29 is 22.7 Å². The lowest BCUT2D eigenvalue weighted by molar-refractivity contribution is 0.00147. The monoisotopic (exact) mass is 342 g/mol. The highest BCUT2D eigenvalue weighted by molar-refractivity contribution is 7.89. The summed E-state index contributed by atoms with van der Waals surface area (Å²) in [7, 11) is -3.81. The van der Waals surface area contributed by atoms with Crippen molar-refractivity contribution in [2.75, 3.05) is 26.3 Å². The molecule has 2 aromatic rings. The van der Waals surface area contributed by atoms with Gasteiger partial charge in [-0.1, -0.05) is 6.07 Å². The van der Waals surface area contributed by atoms with Crippen LogP contribution < -0.4 is 0 Å². The number of piperidine rings is 1. The molecule has 126 valence electrons. The van der Waals surface area contributed by atoms with Gasteiger partial charge in [0.1, 0.15) is 10.7 Å². The highest BCUT2D eigenvalue weighted by Crippen LogP contribution is 2.29. The van der Waals surface area contributed by atoms with Crippen LogP contribution in [0.3, 0.4) is 0 Å². The van der Waals surface area contributed by atoms with E-state index < -0.39 is 15.8 Å². The number of nitrogens with zero attached hydrogens (tertiary/aromatic N) is 1. The third-order valence-corrected chi connectivity index (χ3v) is 5.91.